The maximum Gasteiger partial charge on any atom is 0.506 e. The van der Waals surface area contributed by atoms with Crippen molar-refractivity contribution in [1.82, 2.24) is 0 Å². The summed E-state index contributed by atoms with van der Waals surface area (Å²) >= 11 is 0. The van der Waals surface area contributed by atoms with E-state index >= 15 is 0 Å². The Bertz CT molecular complexity index is 1070. The van der Waals surface area contributed by atoms with Crippen LogP contribution in [0.15, 0.2) is 61.7 Å². The lowest BCUT2D eigenvalue weighted by atomic mass is 9.67. The van der Waals surface area contributed by atoms with E-state index in [9.17, 15) is 9.59 Å². The molecule has 2 unspecified atom stereocenters. The zero-order chi connectivity index (χ0) is 27.6. The molecule has 0 saturated heterocycles. The molecule has 0 fully saturated rings. The lowest BCUT2D eigenvalue weighted by Gasteiger charge is -2.38. The number of rotatable bonds is 4. The first-order chi connectivity index (χ1) is 17.5. The van der Waals surface area contributed by atoms with Crippen molar-refractivity contribution in [2.45, 2.75) is 51.6 Å². The van der Waals surface area contributed by atoms with Crippen LogP contribution >= 0.6 is 0 Å². The van der Waals surface area contributed by atoms with Gasteiger partial charge in [0.15, 0.2) is 0 Å². The molecule has 1 aliphatic carbocycles. The van der Waals surface area contributed by atoms with E-state index in [0.717, 1.165) is 17.9 Å². The second kappa shape index (κ2) is 13.4. The predicted molar refractivity (Wildman–Crippen MR) is 141 cm³/mol. The number of benzene rings is 2. The summed E-state index contributed by atoms with van der Waals surface area (Å²) in [6.07, 6.45) is 1.36. The highest BCUT2D eigenvalue weighted by molar-refractivity contribution is 5.58. The average molecular weight is 513 g/mol. The Labute approximate surface area is 218 Å². The maximum atomic E-state index is 9.49. The molecule has 2 aromatic rings. The molecule has 4 bridgehead atoms. The van der Waals surface area contributed by atoms with Gasteiger partial charge in [0.1, 0.15) is 37.4 Å². The molecule has 0 amide bonds. The minimum Gasteiger partial charge on any atom is -0.490 e. The van der Waals surface area contributed by atoms with Crippen LogP contribution in [-0.4, -0.2) is 48.4 Å². The summed E-state index contributed by atoms with van der Waals surface area (Å²) in [5.41, 5.74) is 5.62. The van der Waals surface area contributed by atoms with Gasteiger partial charge in [-0.15, -0.1) is 0 Å². The van der Waals surface area contributed by atoms with E-state index in [-0.39, 0.29) is 24.7 Å². The molecule has 0 spiro atoms. The van der Waals surface area contributed by atoms with Crippen LogP contribution in [0, 0.1) is 0 Å². The highest BCUT2D eigenvalue weighted by Gasteiger charge is 2.36. The number of ether oxygens (including phenoxy) is 4. The first-order valence-electron chi connectivity index (χ1n) is 12.0. The van der Waals surface area contributed by atoms with Crippen LogP contribution in [0.5, 0.6) is 11.5 Å². The van der Waals surface area contributed by atoms with Gasteiger partial charge in [-0.1, -0.05) is 64.3 Å². The third-order valence-electron chi connectivity index (χ3n) is 6.03. The fourth-order valence-corrected chi connectivity index (χ4v) is 4.20. The fourth-order valence-electron chi connectivity index (χ4n) is 4.20. The summed E-state index contributed by atoms with van der Waals surface area (Å²) < 4.78 is 20.0. The molecule has 8 nitrogen and oxygen atoms in total. The van der Waals surface area contributed by atoms with Crippen molar-refractivity contribution in [3.8, 4) is 11.5 Å². The smallest absolute Gasteiger partial charge is 0.490 e. The quantitative estimate of drug-likeness (QED) is 0.350. The molecular formula is C29H36O8. The van der Waals surface area contributed by atoms with Crippen molar-refractivity contribution in [3.63, 3.8) is 0 Å². The van der Waals surface area contributed by atoms with Gasteiger partial charge >= 0.3 is 12.3 Å². The van der Waals surface area contributed by atoms with Crippen molar-refractivity contribution in [1.29, 1.82) is 0 Å². The minimum atomic E-state index is -1.26. The summed E-state index contributed by atoms with van der Waals surface area (Å²) in [6.45, 7) is 16.2. The summed E-state index contributed by atoms with van der Waals surface area (Å²) in [5, 5.41) is 15.5. The molecule has 4 aliphatic rings. The second-order valence-corrected chi connectivity index (χ2v) is 9.23. The predicted octanol–water partition coefficient (Wildman–Crippen LogP) is 6.57. The van der Waals surface area contributed by atoms with Gasteiger partial charge in [0.25, 0.3) is 0 Å². The Morgan fingerprint density at radius 3 is 2.03 bits per heavy atom. The van der Waals surface area contributed by atoms with Crippen molar-refractivity contribution in [3.05, 3.63) is 84.0 Å². The average Bonchev–Trinajstić information content (AvgIpc) is 2.86. The van der Waals surface area contributed by atoms with Crippen LogP contribution in [-0.2, 0) is 21.3 Å². The largest absolute Gasteiger partial charge is 0.506 e. The Balaban J connectivity index is 0.000000286. The van der Waals surface area contributed by atoms with E-state index in [0.29, 0.717) is 12.5 Å². The zero-order valence-corrected chi connectivity index (χ0v) is 21.9. The second-order valence-electron chi connectivity index (χ2n) is 9.23. The number of hydrogen-bond donors (Lipinski definition) is 2. The minimum absolute atomic E-state index is 0.0184. The molecule has 3 heterocycles. The molecule has 2 atom stereocenters. The van der Waals surface area contributed by atoms with Crippen LogP contribution in [0.4, 0.5) is 9.59 Å². The van der Waals surface area contributed by atoms with E-state index in [2.05, 4.69) is 86.7 Å². The van der Waals surface area contributed by atoms with Gasteiger partial charge in [-0.3, -0.25) is 0 Å². The van der Waals surface area contributed by atoms with Crippen molar-refractivity contribution in [2.24, 2.45) is 0 Å². The van der Waals surface area contributed by atoms with Gasteiger partial charge in [0, 0.05) is 5.41 Å². The lowest BCUT2D eigenvalue weighted by molar-refractivity contribution is 0.101. The number of hydrogen-bond acceptors (Lipinski definition) is 6. The SMILES string of the molecule is C=CCOC(=O)O.C=CCOC(=O)O.CC1COc2ccc(cc2)C(C)(C)c2ccc(c3c2C(C)C3)O1. The topological polar surface area (TPSA) is 112 Å². The van der Waals surface area contributed by atoms with Crippen LogP contribution in [0.25, 0.3) is 0 Å². The van der Waals surface area contributed by atoms with Crippen LogP contribution in [0.2, 0.25) is 0 Å². The number of carbonyl (C=O) groups is 2. The van der Waals surface area contributed by atoms with Gasteiger partial charge < -0.3 is 29.2 Å². The molecule has 8 heteroatoms. The molecule has 37 heavy (non-hydrogen) atoms. The van der Waals surface area contributed by atoms with Crippen molar-refractivity contribution < 1.29 is 38.7 Å². The molecule has 0 saturated carbocycles. The summed E-state index contributed by atoms with van der Waals surface area (Å²) in [7, 11) is 0. The molecule has 2 aromatic carbocycles. The number of carboxylic acid groups (broad SMARTS) is 2. The Morgan fingerprint density at radius 1 is 1.00 bits per heavy atom. The van der Waals surface area contributed by atoms with E-state index in [4.69, 9.17) is 19.7 Å². The van der Waals surface area contributed by atoms with Crippen LogP contribution in [0.1, 0.15) is 55.9 Å². The maximum absolute atomic E-state index is 9.49. The highest BCUT2D eigenvalue weighted by Crippen LogP contribution is 2.48. The lowest BCUT2D eigenvalue weighted by Crippen LogP contribution is -2.28. The van der Waals surface area contributed by atoms with E-state index < -0.39 is 12.3 Å². The normalized spacial score (nSPS) is 17.9. The van der Waals surface area contributed by atoms with Crippen molar-refractivity contribution in [2.75, 3.05) is 19.8 Å². The fraction of sp³-hybridized carbons (Fsp3) is 0.379. The molecule has 0 radical (unpaired) electrons. The van der Waals surface area contributed by atoms with E-state index in [1.165, 1.54) is 34.4 Å². The Morgan fingerprint density at radius 2 is 1.57 bits per heavy atom. The summed E-state index contributed by atoms with van der Waals surface area (Å²) in [4.78, 5) is 19.0. The molecule has 2 N–H and O–H groups in total. The van der Waals surface area contributed by atoms with Gasteiger partial charge in [-0.05, 0) is 59.7 Å². The molecule has 6 rings (SSSR count). The summed E-state index contributed by atoms with van der Waals surface area (Å²) in [5.74, 6) is 2.56. The standard InChI is InChI=1S/C21H24O2.2C4H6O3/c1-13-11-17-19-10-9-18(20(13)17)21(3,4)15-5-7-16(8-6-15)22-12-14(2)23-19;2*1-2-3-7-4(5)6/h5-10,13-14H,11-12H2,1-4H3;2*2H,1,3H2,(H,5,6). The van der Waals surface area contributed by atoms with E-state index in [1.807, 2.05) is 0 Å². The van der Waals surface area contributed by atoms with Gasteiger partial charge in [-0.25, -0.2) is 9.59 Å². The van der Waals surface area contributed by atoms with Crippen LogP contribution in [0.3, 0.4) is 0 Å². The zero-order valence-electron chi connectivity index (χ0n) is 21.9. The molecule has 0 aromatic heterocycles. The monoisotopic (exact) mass is 512 g/mol. The van der Waals surface area contributed by atoms with E-state index in [1.54, 1.807) is 0 Å². The van der Waals surface area contributed by atoms with Gasteiger partial charge in [0.2, 0.25) is 0 Å². The van der Waals surface area contributed by atoms with Crippen LogP contribution < -0.4 is 9.47 Å². The Hall–Kier alpha value is -3.94. The first kappa shape index (κ1) is 29.3. The summed E-state index contributed by atoms with van der Waals surface area (Å²) in [6, 6.07) is 13.0. The third-order valence-corrected chi connectivity index (χ3v) is 6.03. The Kier molecular flexibility index (Phi) is 10.6. The number of fused-ring (bicyclic) bond motifs is 1. The van der Waals surface area contributed by atoms with Gasteiger partial charge in [-0.2, -0.15) is 0 Å². The first-order valence-corrected chi connectivity index (χ1v) is 12.0. The highest BCUT2D eigenvalue weighted by atomic mass is 16.7. The van der Waals surface area contributed by atoms with Crippen molar-refractivity contribution >= 4 is 12.3 Å². The molecule has 3 aliphatic heterocycles. The van der Waals surface area contributed by atoms with Gasteiger partial charge in [0.05, 0.1) is 0 Å². The molecule has 200 valence electrons. The third kappa shape index (κ3) is 8.03. The molecular weight excluding hydrogens is 476 g/mol.